The van der Waals surface area contributed by atoms with Gasteiger partial charge in [0.2, 0.25) is 0 Å². The summed E-state index contributed by atoms with van der Waals surface area (Å²) in [4.78, 5) is 12.4. The van der Waals surface area contributed by atoms with Crippen molar-refractivity contribution >= 4 is 5.78 Å². The van der Waals surface area contributed by atoms with E-state index in [0.29, 0.717) is 11.7 Å². The van der Waals surface area contributed by atoms with Crippen molar-refractivity contribution in [2.24, 2.45) is 23.5 Å². The number of carbonyl (C=O) groups is 1. The summed E-state index contributed by atoms with van der Waals surface area (Å²) in [7, 11) is 0. The standard InChI is InChI=1S/C14H25NO/c1-10-5-4-6-11(9-10)14(16)12-7-2-3-8-13(12)15/h10-13H,2-9,15H2,1H3. The van der Waals surface area contributed by atoms with E-state index in [9.17, 15) is 4.79 Å². The van der Waals surface area contributed by atoms with E-state index >= 15 is 0 Å². The lowest BCUT2D eigenvalue weighted by molar-refractivity contribution is -0.129. The van der Waals surface area contributed by atoms with Gasteiger partial charge in [-0.25, -0.2) is 0 Å². The highest BCUT2D eigenvalue weighted by molar-refractivity contribution is 5.84. The van der Waals surface area contributed by atoms with Gasteiger partial charge in [-0.05, 0) is 31.6 Å². The summed E-state index contributed by atoms with van der Waals surface area (Å²) < 4.78 is 0. The Labute approximate surface area is 99.0 Å². The van der Waals surface area contributed by atoms with E-state index in [0.717, 1.165) is 31.6 Å². The molecule has 2 aliphatic carbocycles. The largest absolute Gasteiger partial charge is 0.327 e. The van der Waals surface area contributed by atoms with Crippen molar-refractivity contribution in [2.45, 2.75) is 64.3 Å². The van der Waals surface area contributed by atoms with Crippen LogP contribution in [0.15, 0.2) is 0 Å². The van der Waals surface area contributed by atoms with Gasteiger partial charge in [0.05, 0.1) is 0 Å². The second kappa shape index (κ2) is 5.31. The molecule has 2 aliphatic rings. The first-order valence-electron chi connectivity index (χ1n) is 6.97. The fourth-order valence-corrected chi connectivity index (χ4v) is 3.51. The minimum absolute atomic E-state index is 0.151. The van der Waals surface area contributed by atoms with Crippen LogP contribution < -0.4 is 5.73 Å². The van der Waals surface area contributed by atoms with E-state index in [-0.39, 0.29) is 12.0 Å². The van der Waals surface area contributed by atoms with Crippen LogP contribution in [0.5, 0.6) is 0 Å². The molecular formula is C14H25NO. The molecule has 0 saturated heterocycles. The lowest BCUT2D eigenvalue weighted by atomic mass is 9.72. The zero-order valence-corrected chi connectivity index (χ0v) is 10.5. The number of hydrogen-bond acceptors (Lipinski definition) is 2. The zero-order valence-electron chi connectivity index (χ0n) is 10.5. The molecule has 4 atom stereocenters. The van der Waals surface area contributed by atoms with Crippen molar-refractivity contribution in [1.29, 1.82) is 0 Å². The van der Waals surface area contributed by atoms with Crippen LogP contribution in [0, 0.1) is 17.8 Å². The van der Waals surface area contributed by atoms with E-state index < -0.39 is 0 Å². The molecule has 4 unspecified atom stereocenters. The van der Waals surface area contributed by atoms with Gasteiger partial charge in [-0.3, -0.25) is 4.79 Å². The molecule has 0 aromatic rings. The Morgan fingerprint density at radius 2 is 1.81 bits per heavy atom. The molecule has 2 heteroatoms. The summed E-state index contributed by atoms with van der Waals surface area (Å²) in [6.45, 7) is 2.28. The average molecular weight is 223 g/mol. The predicted octanol–water partition coefficient (Wildman–Crippen LogP) is 2.90. The van der Waals surface area contributed by atoms with Crippen molar-refractivity contribution in [3.63, 3.8) is 0 Å². The Morgan fingerprint density at radius 3 is 2.50 bits per heavy atom. The number of nitrogens with two attached hydrogens (primary N) is 1. The molecule has 0 aliphatic heterocycles. The molecule has 0 amide bonds. The summed E-state index contributed by atoms with van der Waals surface area (Å²) in [5.41, 5.74) is 6.10. The summed E-state index contributed by atoms with van der Waals surface area (Å²) in [6, 6.07) is 0.151. The van der Waals surface area contributed by atoms with Crippen LogP contribution in [0.1, 0.15) is 58.3 Å². The van der Waals surface area contributed by atoms with Gasteiger partial charge in [0, 0.05) is 17.9 Å². The van der Waals surface area contributed by atoms with Crippen LogP contribution in [-0.2, 0) is 4.79 Å². The van der Waals surface area contributed by atoms with E-state index in [1.165, 1.54) is 25.7 Å². The molecule has 0 bridgehead atoms. The summed E-state index contributed by atoms with van der Waals surface area (Å²) in [5.74, 6) is 1.75. The predicted molar refractivity (Wildman–Crippen MR) is 66.1 cm³/mol. The Kier molecular flexibility index (Phi) is 4.01. The second-order valence-electron chi connectivity index (χ2n) is 5.93. The van der Waals surface area contributed by atoms with E-state index in [2.05, 4.69) is 6.92 Å². The minimum atomic E-state index is 0.151. The SMILES string of the molecule is CC1CCCC(C(=O)C2CCCCC2N)C1. The Morgan fingerprint density at radius 1 is 1.06 bits per heavy atom. The Balaban J connectivity index is 1.94. The molecule has 2 rings (SSSR count). The van der Waals surface area contributed by atoms with Gasteiger partial charge in [-0.1, -0.05) is 32.6 Å². The van der Waals surface area contributed by atoms with Gasteiger partial charge in [-0.2, -0.15) is 0 Å². The van der Waals surface area contributed by atoms with E-state index in [1.807, 2.05) is 0 Å². The smallest absolute Gasteiger partial charge is 0.140 e. The molecule has 2 saturated carbocycles. The van der Waals surface area contributed by atoms with Crippen LogP contribution in [0.3, 0.4) is 0 Å². The number of ketones is 1. The summed E-state index contributed by atoms with van der Waals surface area (Å²) >= 11 is 0. The zero-order chi connectivity index (χ0) is 11.5. The molecule has 2 N–H and O–H groups in total. The topological polar surface area (TPSA) is 43.1 Å². The number of carbonyl (C=O) groups excluding carboxylic acids is 1. The Hall–Kier alpha value is -0.370. The highest BCUT2D eigenvalue weighted by Crippen LogP contribution is 2.34. The molecule has 0 heterocycles. The Bertz CT molecular complexity index is 251. The molecule has 2 nitrogen and oxygen atoms in total. The van der Waals surface area contributed by atoms with Crippen molar-refractivity contribution in [3.05, 3.63) is 0 Å². The summed E-state index contributed by atoms with van der Waals surface area (Å²) in [5, 5.41) is 0. The average Bonchev–Trinajstić information content (AvgIpc) is 2.29. The normalized spacial score (nSPS) is 40.6. The van der Waals surface area contributed by atoms with Crippen LogP contribution in [-0.4, -0.2) is 11.8 Å². The molecule has 0 spiro atoms. The first kappa shape index (κ1) is 12.1. The number of Topliss-reactive ketones (excluding diaryl/α,β-unsaturated/α-hetero) is 1. The number of hydrogen-bond donors (Lipinski definition) is 1. The quantitative estimate of drug-likeness (QED) is 0.782. The highest BCUT2D eigenvalue weighted by Gasteiger charge is 2.34. The molecule has 92 valence electrons. The van der Waals surface area contributed by atoms with E-state index in [1.54, 1.807) is 0 Å². The maximum absolute atomic E-state index is 12.4. The third kappa shape index (κ3) is 2.65. The van der Waals surface area contributed by atoms with Gasteiger partial charge in [0.15, 0.2) is 0 Å². The number of rotatable bonds is 2. The molecular weight excluding hydrogens is 198 g/mol. The minimum Gasteiger partial charge on any atom is -0.327 e. The van der Waals surface area contributed by atoms with Crippen molar-refractivity contribution in [3.8, 4) is 0 Å². The lowest BCUT2D eigenvalue weighted by Crippen LogP contribution is -2.41. The first-order chi connectivity index (χ1) is 7.68. The molecule has 0 aromatic heterocycles. The fourth-order valence-electron chi connectivity index (χ4n) is 3.51. The van der Waals surface area contributed by atoms with Crippen LogP contribution >= 0.6 is 0 Å². The monoisotopic (exact) mass is 223 g/mol. The van der Waals surface area contributed by atoms with Crippen LogP contribution in [0.4, 0.5) is 0 Å². The van der Waals surface area contributed by atoms with Gasteiger partial charge in [0.25, 0.3) is 0 Å². The first-order valence-corrected chi connectivity index (χ1v) is 6.97. The molecule has 0 aromatic carbocycles. The highest BCUT2D eigenvalue weighted by atomic mass is 16.1. The molecule has 2 fully saturated rings. The van der Waals surface area contributed by atoms with Gasteiger partial charge in [0.1, 0.15) is 5.78 Å². The lowest BCUT2D eigenvalue weighted by Gasteiger charge is -2.33. The van der Waals surface area contributed by atoms with Gasteiger partial charge in [-0.15, -0.1) is 0 Å². The maximum Gasteiger partial charge on any atom is 0.140 e. The van der Waals surface area contributed by atoms with Crippen LogP contribution in [0.25, 0.3) is 0 Å². The maximum atomic E-state index is 12.4. The second-order valence-corrected chi connectivity index (χ2v) is 5.93. The summed E-state index contributed by atoms with van der Waals surface area (Å²) in [6.07, 6.45) is 9.29. The van der Waals surface area contributed by atoms with Crippen molar-refractivity contribution < 1.29 is 4.79 Å². The van der Waals surface area contributed by atoms with Crippen LogP contribution in [0.2, 0.25) is 0 Å². The third-order valence-corrected chi connectivity index (χ3v) is 4.52. The third-order valence-electron chi connectivity index (χ3n) is 4.52. The van der Waals surface area contributed by atoms with Gasteiger partial charge >= 0.3 is 0 Å². The molecule has 16 heavy (non-hydrogen) atoms. The van der Waals surface area contributed by atoms with Crippen molar-refractivity contribution in [1.82, 2.24) is 0 Å². The molecule has 0 radical (unpaired) electrons. The van der Waals surface area contributed by atoms with Crippen molar-refractivity contribution in [2.75, 3.05) is 0 Å². The van der Waals surface area contributed by atoms with E-state index in [4.69, 9.17) is 5.73 Å². The van der Waals surface area contributed by atoms with Gasteiger partial charge < -0.3 is 5.73 Å². The fraction of sp³-hybridized carbons (Fsp3) is 0.929.